The lowest BCUT2D eigenvalue weighted by molar-refractivity contribution is 0.794. The summed E-state index contributed by atoms with van der Waals surface area (Å²) in [6.45, 7) is 2.20. The van der Waals surface area contributed by atoms with Crippen molar-refractivity contribution < 1.29 is 0 Å². The molecule has 7 aromatic carbocycles. The molecular weight excluding hydrogens is 587 g/mol. The van der Waals surface area contributed by atoms with Gasteiger partial charge in [-0.1, -0.05) is 140 Å². The number of rotatable bonds is 3. The SMILES string of the molecule is Cc1cc(-c2ccc3c(c2)C2(c4ccccc4-c4ccccc42)c2ccccc2-3)c2nc(-c3ccc(-c4ccccc4)cc3)sc2c1. The van der Waals surface area contributed by atoms with E-state index in [4.69, 9.17) is 4.98 Å². The van der Waals surface area contributed by atoms with Gasteiger partial charge in [-0.2, -0.15) is 0 Å². The molecule has 0 amide bonds. The van der Waals surface area contributed by atoms with E-state index in [9.17, 15) is 0 Å². The molecule has 0 N–H and O–H groups in total. The largest absolute Gasteiger partial charge is 0.235 e. The van der Waals surface area contributed by atoms with E-state index in [1.807, 2.05) is 0 Å². The Morgan fingerprint density at radius 1 is 0.426 bits per heavy atom. The number of hydrogen-bond donors (Lipinski definition) is 0. The summed E-state index contributed by atoms with van der Waals surface area (Å²) in [6.07, 6.45) is 0. The minimum absolute atomic E-state index is 0.355. The summed E-state index contributed by atoms with van der Waals surface area (Å²) in [5, 5.41) is 1.05. The molecule has 0 aliphatic heterocycles. The zero-order valence-electron chi connectivity index (χ0n) is 25.9. The molecule has 10 rings (SSSR count). The lowest BCUT2D eigenvalue weighted by Crippen LogP contribution is -2.25. The van der Waals surface area contributed by atoms with Crippen LogP contribution in [0.15, 0.2) is 158 Å². The number of thiazole rings is 1. The number of fused-ring (bicyclic) bond motifs is 11. The first-order chi connectivity index (χ1) is 23.2. The second-order valence-electron chi connectivity index (χ2n) is 12.8. The summed E-state index contributed by atoms with van der Waals surface area (Å²) in [5.41, 5.74) is 18.7. The summed E-state index contributed by atoms with van der Waals surface area (Å²) in [4.78, 5) is 5.32. The van der Waals surface area contributed by atoms with Crippen LogP contribution in [-0.2, 0) is 5.41 Å². The van der Waals surface area contributed by atoms with Gasteiger partial charge in [0.15, 0.2) is 0 Å². The summed E-state index contributed by atoms with van der Waals surface area (Å²) in [6, 6.07) is 58.1. The fourth-order valence-corrected chi connectivity index (χ4v) is 9.31. The Labute approximate surface area is 278 Å². The Kier molecular flexibility index (Phi) is 5.64. The molecule has 8 aromatic rings. The van der Waals surface area contributed by atoms with Crippen molar-refractivity contribution in [3.63, 3.8) is 0 Å². The number of nitrogens with zero attached hydrogens (tertiary/aromatic N) is 1. The molecule has 47 heavy (non-hydrogen) atoms. The van der Waals surface area contributed by atoms with Crippen molar-refractivity contribution in [1.82, 2.24) is 4.98 Å². The molecule has 2 aliphatic rings. The van der Waals surface area contributed by atoms with Gasteiger partial charge in [-0.05, 0) is 91.9 Å². The third kappa shape index (κ3) is 3.74. The zero-order chi connectivity index (χ0) is 31.1. The average molecular weight is 616 g/mol. The predicted molar refractivity (Wildman–Crippen MR) is 197 cm³/mol. The molecule has 2 heteroatoms. The van der Waals surface area contributed by atoms with Crippen molar-refractivity contribution in [3.05, 3.63) is 186 Å². The third-order valence-electron chi connectivity index (χ3n) is 10.2. The summed E-state index contributed by atoms with van der Waals surface area (Å²) < 4.78 is 1.22. The Morgan fingerprint density at radius 2 is 0.936 bits per heavy atom. The molecule has 0 radical (unpaired) electrons. The minimum atomic E-state index is -0.355. The molecule has 0 unspecified atom stereocenters. The molecule has 1 nitrogen and oxygen atoms in total. The average Bonchev–Trinajstić information content (AvgIpc) is 3.78. The lowest BCUT2D eigenvalue weighted by atomic mass is 9.70. The molecule has 1 spiro atoms. The molecule has 1 heterocycles. The first-order valence-electron chi connectivity index (χ1n) is 16.2. The molecule has 0 atom stereocenters. The maximum atomic E-state index is 5.32. The van der Waals surface area contributed by atoms with Crippen LogP contribution in [0.2, 0.25) is 0 Å². The van der Waals surface area contributed by atoms with Crippen molar-refractivity contribution in [1.29, 1.82) is 0 Å². The Hall–Kier alpha value is -5.57. The molecule has 2 aliphatic carbocycles. The van der Waals surface area contributed by atoms with Crippen LogP contribution in [0.25, 0.3) is 65.3 Å². The van der Waals surface area contributed by atoms with Crippen LogP contribution in [0.5, 0.6) is 0 Å². The van der Waals surface area contributed by atoms with E-state index >= 15 is 0 Å². The van der Waals surface area contributed by atoms with Gasteiger partial charge in [0.2, 0.25) is 0 Å². The first kappa shape index (κ1) is 26.6. The van der Waals surface area contributed by atoms with E-state index in [0.717, 1.165) is 16.1 Å². The Balaban J connectivity index is 1.16. The van der Waals surface area contributed by atoms with Gasteiger partial charge in [0.05, 0.1) is 15.6 Å². The quantitative estimate of drug-likeness (QED) is 0.193. The molecule has 0 saturated heterocycles. The fourth-order valence-electron chi connectivity index (χ4n) is 8.21. The lowest BCUT2D eigenvalue weighted by Gasteiger charge is -2.30. The summed E-state index contributed by atoms with van der Waals surface area (Å²) in [5.74, 6) is 0. The van der Waals surface area contributed by atoms with Crippen molar-refractivity contribution in [2.75, 3.05) is 0 Å². The van der Waals surface area contributed by atoms with Crippen LogP contribution in [0.4, 0.5) is 0 Å². The van der Waals surface area contributed by atoms with E-state index in [1.165, 1.54) is 77.0 Å². The second kappa shape index (κ2) is 9.96. The molecule has 0 fully saturated rings. The van der Waals surface area contributed by atoms with E-state index in [-0.39, 0.29) is 5.41 Å². The Bertz CT molecular complexity index is 2460. The maximum absolute atomic E-state index is 5.32. The summed E-state index contributed by atoms with van der Waals surface area (Å²) >= 11 is 1.78. The van der Waals surface area contributed by atoms with Crippen LogP contribution in [-0.4, -0.2) is 4.98 Å². The van der Waals surface area contributed by atoms with Crippen LogP contribution in [0, 0.1) is 6.92 Å². The van der Waals surface area contributed by atoms with Crippen LogP contribution in [0.3, 0.4) is 0 Å². The highest BCUT2D eigenvalue weighted by molar-refractivity contribution is 7.21. The molecule has 1 aromatic heterocycles. The minimum Gasteiger partial charge on any atom is -0.235 e. The number of benzene rings is 7. The standard InChI is InChI=1S/C45H29NS/c1-28-25-37(43-42(26-28)47-44(46-43)31-21-19-30(20-22-31)29-11-3-2-4-12-29)32-23-24-36-35-15-7-10-18-40(35)45(41(36)27-32)38-16-8-5-13-33(38)34-14-6-9-17-39(34)45/h2-27H,1H3. The zero-order valence-corrected chi connectivity index (χ0v) is 26.7. The van der Waals surface area contributed by atoms with Crippen LogP contribution in [0.1, 0.15) is 27.8 Å². The van der Waals surface area contributed by atoms with Crippen molar-refractivity contribution in [3.8, 4) is 55.1 Å². The monoisotopic (exact) mass is 615 g/mol. The van der Waals surface area contributed by atoms with E-state index in [1.54, 1.807) is 11.3 Å². The van der Waals surface area contributed by atoms with Gasteiger partial charge >= 0.3 is 0 Å². The summed E-state index contributed by atoms with van der Waals surface area (Å²) in [7, 11) is 0. The van der Waals surface area contributed by atoms with Crippen molar-refractivity contribution in [2.45, 2.75) is 12.3 Å². The van der Waals surface area contributed by atoms with E-state index in [0.29, 0.717) is 0 Å². The highest BCUT2D eigenvalue weighted by atomic mass is 32.1. The van der Waals surface area contributed by atoms with Gasteiger partial charge in [-0.15, -0.1) is 11.3 Å². The van der Waals surface area contributed by atoms with Crippen molar-refractivity contribution in [2.24, 2.45) is 0 Å². The van der Waals surface area contributed by atoms with Gasteiger partial charge in [0.25, 0.3) is 0 Å². The third-order valence-corrected chi connectivity index (χ3v) is 11.2. The molecule has 0 saturated carbocycles. The van der Waals surface area contributed by atoms with Crippen LogP contribution >= 0.6 is 11.3 Å². The van der Waals surface area contributed by atoms with Crippen LogP contribution < -0.4 is 0 Å². The van der Waals surface area contributed by atoms with Gasteiger partial charge in [0, 0.05) is 11.1 Å². The predicted octanol–water partition coefficient (Wildman–Crippen LogP) is 11.9. The normalized spacial score (nSPS) is 13.4. The topological polar surface area (TPSA) is 12.9 Å². The smallest absolute Gasteiger partial charge is 0.124 e. The second-order valence-corrected chi connectivity index (χ2v) is 13.8. The highest BCUT2D eigenvalue weighted by Gasteiger charge is 2.51. The van der Waals surface area contributed by atoms with Gasteiger partial charge in [0.1, 0.15) is 5.01 Å². The number of hydrogen-bond acceptors (Lipinski definition) is 2. The highest BCUT2D eigenvalue weighted by Crippen LogP contribution is 2.63. The van der Waals surface area contributed by atoms with Gasteiger partial charge < -0.3 is 0 Å². The van der Waals surface area contributed by atoms with Crippen molar-refractivity contribution >= 4 is 21.6 Å². The molecule has 220 valence electrons. The van der Waals surface area contributed by atoms with E-state index < -0.39 is 0 Å². The maximum Gasteiger partial charge on any atom is 0.124 e. The van der Waals surface area contributed by atoms with E-state index in [2.05, 4.69) is 165 Å². The fraction of sp³-hybridized carbons (Fsp3) is 0.0444. The molecule has 0 bridgehead atoms. The number of aryl methyl sites for hydroxylation is 1. The number of aromatic nitrogens is 1. The molecular formula is C45H29NS. The Morgan fingerprint density at radius 3 is 1.57 bits per heavy atom. The van der Waals surface area contributed by atoms with Gasteiger partial charge in [-0.25, -0.2) is 4.98 Å². The van der Waals surface area contributed by atoms with Gasteiger partial charge in [-0.3, -0.25) is 0 Å². The first-order valence-corrected chi connectivity index (χ1v) is 17.0.